The van der Waals surface area contributed by atoms with Crippen molar-refractivity contribution in [3.63, 3.8) is 0 Å². The lowest BCUT2D eigenvalue weighted by molar-refractivity contribution is -0.107. The van der Waals surface area contributed by atoms with Gasteiger partial charge in [0, 0.05) is 4.47 Å². The van der Waals surface area contributed by atoms with E-state index in [1.807, 2.05) is 6.07 Å². The fourth-order valence-corrected chi connectivity index (χ4v) is 1.69. The molecule has 0 aliphatic heterocycles. The molecule has 0 amide bonds. The molecule has 1 aromatic carbocycles. The third-order valence-corrected chi connectivity index (χ3v) is 2.69. The molecular weight excluding hydrogens is 298 g/mol. The Kier molecular flexibility index (Phi) is 3.64. The average Bonchev–Trinajstić information content (AvgIpc) is 2.15. The number of benzene rings is 1. The minimum Gasteiger partial charge on any atom is -0.302 e. The second-order valence-electron chi connectivity index (χ2n) is 2.42. The molecule has 2 nitrogen and oxygen atoms in total. The van der Waals surface area contributed by atoms with Gasteiger partial charge in [-0.3, -0.25) is 0 Å². The summed E-state index contributed by atoms with van der Waals surface area (Å²) in [5.74, 6) is 0. The molecule has 1 rings (SSSR count). The van der Waals surface area contributed by atoms with Gasteiger partial charge >= 0.3 is 0 Å². The van der Waals surface area contributed by atoms with Crippen molar-refractivity contribution in [3.8, 4) is 6.07 Å². The number of carbonyl (C=O) groups is 1. The molecule has 0 saturated carbocycles. The molecule has 1 aromatic rings. The maximum atomic E-state index is 10.5. The highest BCUT2D eigenvalue weighted by Crippen LogP contribution is 2.24. The summed E-state index contributed by atoms with van der Waals surface area (Å²) < 4.78 is 0.799. The van der Waals surface area contributed by atoms with Crippen LogP contribution in [-0.4, -0.2) is 6.29 Å². The molecule has 66 valence electrons. The number of nitrogens with zero attached hydrogens (tertiary/aromatic N) is 1. The van der Waals surface area contributed by atoms with Crippen molar-refractivity contribution in [2.75, 3.05) is 0 Å². The molecule has 0 spiro atoms. The van der Waals surface area contributed by atoms with Gasteiger partial charge in [-0.1, -0.05) is 31.9 Å². The predicted octanol–water partition coefficient (Wildman–Crippen LogP) is 2.96. The molecule has 0 saturated heterocycles. The van der Waals surface area contributed by atoms with Crippen LogP contribution in [0.15, 0.2) is 22.7 Å². The number of aldehydes is 1. The number of alkyl halides is 1. The monoisotopic (exact) mass is 301 g/mol. The average molecular weight is 303 g/mol. The Hall–Kier alpha value is -0.660. The minimum atomic E-state index is -0.350. The van der Waals surface area contributed by atoms with Crippen LogP contribution >= 0.6 is 31.9 Å². The minimum absolute atomic E-state index is 0.350. The van der Waals surface area contributed by atoms with E-state index in [1.165, 1.54) is 0 Å². The van der Waals surface area contributed by atoms with E-state index in [-0.39, 0.29) is 4.83 Å². The number of carbonyl (C=O) groups excluding carboxylic acids is 1. The van der Waals surface area contributed by atoms with E-state index >= 15 is 0 Å². The van der Waals surface area contributed by atoms with Crippen LogP contribution in [0.5, 0.6) is 0 Å². The molecule has 0 heterocycles. The Morgan fingerprint density at radius 2 is 2.15 bits per heavy atom. The Labute approximate surface area is 92.8 Å². The Bertz CT molecular complexity index is 370. The van der Waals surface area contributed by atoms with Crippen LogP contribution in [0.1, 0.15) is 16.0 Å². The van der Waals surface area contributed by atoms with E-state index in [0.29, 0.717) is 5.56 Å². The summed E-state index contributed by atoms with van der Waals surface area (Å²) in [7, 11) is 0. The highest BCUT2D eigenvalue weighted by atomic mass is 79.9. The Balaban J connectivity index is 3.17. The van der Waals surface area contributed by atoms with Crippen molar-refractivity contribution in [2.45, 2.75) is 4.83 Å². The van der Waals surface area contributed by atoms with Crippen molar-refractivity contribution >= 4 is 38.1 Å². The quantitative estimate of drug-likeness (QED) is 0.622. The molecule has 1 atom stereocenters. The van der Waals surface area contributed by atoms with Crippen molar-refractivity contribution in [3.05, 3.63) is 33.8 Å². The van der Waals surface area contributed by atoms with E-state index in [4.69, 9.17) is 5.26 Å². The fraction of sp³-hybridized carbons (Fsp3) is 0.111. The second kappa shape index (κ2) is 4.54. The standard InChI is InChI=1S/C9H5Br2NO/c10-8-2-6(4-12)1-7(3-8)9(11)5-13/h1-3,5,9H. The molecule has 0 fully saturated rings. The summed E-state index contributed by atoms with van der Waals surface area (Å²) in [5, 5.41) is 8.67. The van der Waals surface area contributed by atoms with Crippen LogP contribution in [0.3, 0.4) is 0 Å². The molecule has 1 unspecified atom stereocenters. The summed E-state index contributed by atoms with van der Waals surface area (Å²) >= 11 is 6.45. The van der Waals surface area contributed by atoms with Gasteiger partial charge in [-0.15, -0.1) is 0 Å². The van der Waals surface area contributed by atoms with Gasteiger partial charge in [-0.05, 0) is 23.8 Å². The van der Waals surface area contributed by atoms with Gasteiger partial charge in [-0.25, -0.2) is 0 Å². The summed E-state index contributed by atoms with van der Waals surface area (Å²) in [5.41, 5.74) is 1.32. The van der Waals surface area contributed by atoms with Gasteiger partial charge in [0.25, 0.3) is 0 Å². The summed E-state index contributed by atoms with van der Waals surface area (Å²) in [6.07, 6.45) is 0.781. The lowest BCUT2D eigenvalue weighted by atomic mass is 10.1. The second-order valence-corrected chi connectivity index (χ2v) is 4.33. The lowest BCUT2D eigenvalue weighted by Crippen LogP contribution is -1.91. The highest BCUT2D eigenvalue weighted by molar-refractivity contribution is 9.10. The number of hydrogen-bond donors (Lipinski definition) is 0. The molecule has 13 heavy (non-hydrogen) atoms. The third-order valence-electron chi connectivity index (χ3n) is 1.49. The first kappa shape index (κ1) is 10.4. The molecule has 0 N–H and O–H groups in total. The largest absolute Gasteiger partial charge is 0.302 e. The maximum absolute atomic E-state index is 10.5. The van der Waals surface area contributed by atoms with Crippen LogP contribution in [0.2, 0.25) is 0 Å². The van der Waals surface area contributed by atoms with Crippen molar-refractivity contribution in [1.29, 1.82) is 5.26 Å². The van der Waals surface area contributed by atoms with Gasteiger partial charge < -0.3 is 4.79 Å². The van der Waals surface area contributed by atoms with Crippen LogP contribution < -0.4 is 0 Å². The van der Waals surface area contributed by atoms with E-state index in [0.717, 1.165) is 16.3 Å². The topological polar surface area (TPSA) is 40.9 Å². The fourth-order valence-electron chi connectivity index (χ4n) is 0.915. The first-order chi connectivity index (χ1) is 6.17. The smallest absolute Gasteiger partial charge is 0.138 e. The first-order valence-corrected chi connectivity index (χ1v) is 5.18. The van der Waals surface area contributed by atoms with Crippen molar-refractivity contribution in [1.82, 2.24) is 0 Å². The highest BCUT2D eigenvalue weighted by Gasteiger charge is 2.07. The van der Waals surface area contributed by atoms with Gasteiger partial charge in [-0.2, -0.15) is 5.26 Å². The third kappa shape index (κ3) is 2.64. The molecular formula is C9H5Br2NO. The molecule has 0 radical (unpaired) electrons. The zero-order valence-electron chi connectivity index (χ0n) is 6.50. The number of hydrogen-bond acceptors (Lipinski definition) is 2. The van der Waals surface area contributed by atoms with Gasteiger partial charge in [0.2, 0.25) is 0 Å². The SMILES string of the molecule is N#Cc1cc(Br)cc(C(Br)C=O)c1. The molecule has 0 aliphatic carbocycles. The number of rotatable bonds is 2. The summed E-state index contributed by atoms with van der Waals surface area (Å²) in [6, 6.07) is 7.20. The Morgan fingerprint density at radius 1 is 1.46 bits per heavy atom. The maximum Gasteiger partial charge on any atom is 0.138 e. The molecule has 4 heteroatoms. The van der Waals surface area contributed by atoms with Crippen LogP contribution in [0.25, 0.3) is 0 Å². The summed E-state index contributed by atoms with van der Waals surface area (Å²) in [6.45, 7) is 0. The number of halogens is 2. The Morgan fingerprint density at radius 3 is 2.69 bits per heavy atom. The van der Waals surface area contributed by atoms with Gasteiger partial charge in [0.05, 0.1) is 16.5 Å². The van der Waals surface area contributed by atoms with E-state index in [1.54, 1.807) is 18.2 Å². The zero-order chi connectivity index (χ0) is 9.84. The van der Waals surface area contributed by atoms with E-state index < -0.39 is 0 Å². The number of nitriles is 1. The van der Waals surface area contributed by atoms with Crippen molar-refractivity contribution < 1.29 is 4.79 Å². The van der Waals surface area contributed by atoms with Crippen LogP contribution in [0.4, 0.5) is 0 Å². The van der Waals surface area contributed by atoms with Crippen molar-refractivity contribution in [2.24, 2.45) is 0 Å². The zero-order valence-corrected chi connectivity index (χ0v) is 9.67. The predicted molar refractivity (Wildman–Crippen MR) is 56.6 cm³/mol. The lowest BCUT2D eigenvalue weighted by Gasteiger charge is -2.03. The van der Waals surface area contributed by atoms with Gasteiger partial charge in [0.15, 0.2) is 0 Å². The van der Waals surface area contributed by atoms with E-state index in [9.17, 15) is 4.79 Å². The summed E-state index contributed by atoms with van der Waals surface area (Å²) in [4.78, 5) is 10.1. The van der Waals surface area contributed by atoms with Crippen LogP contribution in [0, 0.1) is 11.3 Å². The molecule has 0 bridgehead atoms. The normalized spacial score (nSPS) is 11.8. The first-order valence-electron chi connectivity index (χ1n) is 3.47. The van der Waals surface area contributed by atoms with Crippen LogP contribution in [-0.2, 0) is 4.79 Å². The van der Waals surface area contributed by atoms with Gasteiger partial charge in [0.1, 0.15) is 6.29 Å². The molecule has 0 aromatic heterocycles. The van der Waals surface area contributed by atoms with E-state index in [2.05, 4.69) is 31.9 Å². The molecule has 0 aliphatic rings.